The minimum Gasteiger partial charge on any atom is -0.494 e. The lowest BCUT2D eigenvalue weighted by Crippen LogP contribution is -2.33. The van der Waals surface area contributed by atoms with Crippen molar-refractivity contribution in [2.24, 2.45) is 16.6 Å². The first kappa shape index (κ1) is 22.5. The van der Waals surface area contributed by atoms with Crippen LogP contribution in [0.1, 0.15) is 76.5 Å². The Hall–Kier alpha value is -1.55. The van der Waals surface area contributed by atoms with Crippen LogP contribution in [0.25, 0.3) is 0 Å². The molecule has 1 atom stereocenters. The Balaban J connectivity index is 2.79. The Morgan fingerprint density at radius 2 is 1.65 bits per heavy atom. The molecule has 0 spiro atoms. The van der Waals surface area contributed by atoms with Gasteiger partial charge in [0.05, 0.1) is 12.5 Å². The minimum absolute atomic E-state index is 0.0223. The molecule has 1 aromatic carbocycles. The van der Waals surface area contributed by atoms with Gasteiger partial charge in [-0.05, 0) is 72.8 Å². The highest BCUT2D eigenvalue weighted by atomic mass is 16.5. The van der Waals surface area contributed by atoms with E-state index in [1.807, 2.05) is 46.8 Å². The van der Waals surface area contributed by atoms with E-state index in [4.69, 9.17) is 10.5 Å². The molecule has 0 aromatic heterocycles. The number of aryl methyl sites for hydroxylation is 2. The van der Waals surface area contributed by atoms with E-state index in [0.29, 0.717) is 6.61 Å². The third-order valence-electron chi connectivity index (χ3n) is 4.95. The lowest BCUT2D eigenvalue weighted by atomic mass is 9.73. The first-order valence-electron chi connectivity index (χ1n) is 9.53. The molecule has 0 saturated heterocycles. The number of nitrogens with two attached hydrogens (primary N) is 1. The Labute approximate surface area is 159 Å². The summed E-state index contributed by atoms with van der Waals surface area (Å²) in [7, 11) is 0. The van der Waals surface area contributed by atoms with Crippen molar-refractivity contribution in [1.82, 2.24) is 0 Å². The number of rotatable bonds is 9. The number of aliphatic hydroxyl groups excluding tert-OH is 1. The van der Waals surface area contributed by atoms with E-state index in [1.54, 1.807) is 0 Å². The Morgan fingerprint density at radius 1 is 1.12 bits per heavy atom. The normalized spacial score (nSPS) is 13.5. The summed E-state index contributed by atoms with van der Waals surface area (Å²) >= 11 is 0. The molecule has 0 fully saturated rings. The molecule has 1 aromatic rings. The zero-order valence-corrected chi connectivity index (χ0v) is 17.6. The third kappa shape index (κ3) is 6.31. The first-order valence-corrected chi connectivity index (χ1v) is 9.53. The molecule has 26 heavy (non-hydrogen) atoms. The standard InChI is InChI=1S/C22H37NO3/c1-15-12-17(26-11-9-8-10-22(6,7)14-24)13-16(2)18(15)19(20(23)25)21(3,4)5/h12-13,19,24H,8-11,14H2,1-7H3,(H2,23,25). The van der Waals surface area contributed by atoms with Crippen LogP contribution in [-0.2, 0) is 4.79 Å². The van der Waals surface area contributed by atoms with Crippen molar-refractivity contribution < 1.29 is 14.6 Å². The fourth-order valence-electron chi connectivity index (χ4n) is 3.45. The summed E-state index contributed by atoms with van der Waals surface area (Å²) in [6.07, 6.45) is 2.96. The van der Waals surface area contributed by atoms with E-state index < -0.39 is 0 Å². The molecule has 148 valence electrons. The van der Waals surface area contributed by atoms with Gasteiger partial charge < -0.3 is 15.6 Å². The predicted octanol–water partition coefficient (Wildman–Crippen LogP) is 4.49. The number of carbonyl (C=O) groups excluding carboxylic acids is 1. The molecule has 4 heteroatoms. The summed E-state index contributed by atoms with van der Waals surface area (Å²) in [6.45, 7) is 15.2. The number of amides is 1. The van der Waals surface area contributed by atoms with Crippen molar-refractivity contribution in [1.29, 1.82) is 0 Å². The minimum atomic E-state index is -0.322. The van der Waals surface area contributed by atoms with Gasteiger partial charge in [0.15, 0.2) is 0 Å². The summed E-state index contributed by atoms with van der Waals surface area (Å²) in [4.78, 5) is 12.1. The summed E-state index contributed by atoms with van der Waals surface area (Å²) in [5.41, 5.74) is 8.55. The number of carbonyl (C=O) groups is 1. The molecule has 1 amide bonds. The molecule has 0 radical (unpaired) electrons. The molecule has 0 aliphatic rings. The van der Waals surface area contributed by atoms with Crippen LogP contribution >= 0.6 is 0 Å². The molecule has 0 aliphatic carbocycles. The van der Waals surface area contributed by atoms with Gasteiger partial charge >= 0.3 is 0 Å². The average Bonchev–Trinajstić information content (AvgIpc) is 2.48. The van der Waals surface area contributed by atoms with Gasteiger partial charge in [0, 0.05) is 6.61 Å². The van der Waals surface area contributed by atoms with Crippen LogP contribution in [0.3, 0.4) is 0 Å². The van der Waals surface area contributed by atoms with Crippen molar-refractivity contribution in [3.63, 3.8) is 0 Å². The molecule has 0 bridgehead atoms. The topological polar surface area (TPSA) is 72.6 Å². The second-order valence-corrected chi connectivity index (χ2v) is 9.30. The van der Waals surface area contributed by atoms with E-state index in [9.17, 15) is 9.90 Å². The van der Waals surface area contributed by atoms with Gasteiger partial charge in [-0.25, -0.2) is 0 Å². The molecule has 3 N–H and O–H groups in total. The maximum atomic E-state index is 12.1. The lowest BCUT2D eigenvalue weighted by molar-refractivity contribution is -0.121. The quantitative estimate of drug-likeness (QED) is 0.635. The molecule has 0 heterocycles. The Bertz CT molecular complexity index is 591. The van der Waals surface area contributed by atoms with Gasteiger partial charge in [0.1, 0.15) is 5.75 Å². The number of aliphatic hydroxyl groups is 1. The van der Waals surface area contributed by atoms with Crippen LogP contribution < -0.4 is 10.5 Å². The highest BCUT2D eigenvalue weighted by molar-refractivity contribution is 5.83. The summed E-state index contributed by atoms with van der Waals surface area (Å²) in [5.74, 6) is 0.225. The highest BCUT2D eigenvalue weighted by Gasteiger charge is 2.33. The van der Waals surface area contributed by atoms with Crippen molar-refractivity contribution in [3.8, 4) is 5.75 Å². The van der Waals surface area contributed by atoms with Crippen LogP contribution in [0.5, 0.6) is 5.75 Å². The van der Waals surface area contributed by atoms with E-state index >= 15 is 0 Å². The smallest absolute Gasteiger partial charge is 0.225 e. The van der Waals surface area contributed by atoms with E-state index in [2.05, 4.69) is 13.8 Å². The summed E-state index contributed by atoms with van der Waals surface area (Å²) in [6, 6.07) is 4.00. The van der Waals surface area contributed by atoms with Crippen molar-refractivity contribution in [3.05, 3.63) is 28.8 Å². The fourth-order valence-corrected chi connectivity index (χ4v) is 3.45. The number of benzene rings is 1. The summed E-state index contributed by atoms with van der Waals surface area (Å²) < 4.78 is 5.92. The third-order valence-corrected chi connectivity index (χ3v) is 4.95. The molecular weight excluding hydrogens is 326 g/mol. The molecule has 1 rings (SSSR count). The Morgan fingerprint density at radius 3 is 2.08 bits per heavy atom. The molecule has 0 aliphatic heterocycles. The zero-order valence-electron chi connectivity index (χ0n) is 17.6. The number of primary amides is 1. The molecule has 1 unspecified atom stereocenters. The van der Waals surface area contributed by atoms with Crippen LogP contribution in [-0.4, -0.2) is 24.2 Å². The molecule has 4 nitrogen and oxygen atoms in total. The van der Waals surface area contributed by atoms with Gasteiger partial charge in [-0.15, -0.1) is 0 Å². The summed E-state index contributed by atoms with van der Waals surface area (Å²) in [5, 5.41) is 9.29. The van der Waals surface area contributed by atoms with E-state index in [-0.39, 0.29) is 29.3 Å². The monoisotopic (exact) mass is 363 g/mol. The van der Waals surface area contributed by atoms with Gasteiger partial charge in [-0.1, -0.05) is 34.6 Å². The Kier molecular flexibility index (Phi) is 7.70. The molecule has 0 saturated carbocycles. The predicted molar refractivity (Wildman–Crippen MR) is 108 cm³/mol. The van der Waals surface area contributed by atoms with Crippen LogP contribution in [0.2, 0.25) is 0 Å². The van der Waals surface area contributed by atoms with Gasteiger partial charge in [0.25, 0.3) is 0 Å². The van der Waals surface area contributed by atoms with Crippen molar-refractivity contribution in [2.45, 2.75) is 73.6 Å². The highest BCUT2D eigenvalue weighted by Crippen LogP contribution is 2.39. The number of ether oxygens (including phenoxy) is 1. The lowest BCUT2D eigenvalue weighted by Gasteiger charge is -2.31. The van der Waals surface area contributed by atoms with Gasteiger partial charge in [-0.3, -0.25) is 4.79 Å². The zero-order chi connectivity index (χ0) is 20.1. The second kappa shape index (κ2) is 8.90. The largest absolute Gasteiger partial charge is 0.494 e. The van der Waals surface area contributed by atoms with E-state index in [1.165, 1.54) is 0 Å². The van der Waals surface area contributed by atoms with Crippen molar-refractivity contribution in [2.75, 3.05) is 13.2 Å². The van der Waals surface area contributed by atoms with Gasteiger partial charge in [0.2, 0.25) is 5.91 Å². The number of hydrogen-bond donors (Lipinski definition) is 2. The first-order chi connectivity index (χ1) is 11.9. The van der Waals surface area contributed by atoms with Crippen LogP contribution in [0, 0.1) is 24.7 Å². The molecular formula is C22H37NO3. The average molecular weight is 364 g/mol. The van der Waals surface area contributed by atoms with Crippen molar-refractivity contribution >= 4 is 5.91 Å². The number of hydrogen-bond acceptors (Lipinski definition) is 3. The fraction of sp³-hybridized carbons (Fsp3) is 0.682. The van der Waals surface area contributed by atoms with Crippen LogP contribution in [0.15, 0.2) is 12.1 Å². The maximum Gasteiger partial charge on any atom is 0.225 e. The SMILES string of the molecule is Cc1cc(OCCCCC(C)(C)CO)cc(C)c1C(C(N)=O)C(C)(C)C. The van der Waals surface area contributed by atoms with Crippen LogP contribution in [0.4, 0.5) is 0 Å². The second-order valence-electron chi connectivity index (χ2n) is 9.30. The maximum absolute atomic E-state index is 12.1. The van der Waals surface area contributed by atoms with Gasteiger partial charge in [-0.2, -0.15) is 0 Å². The number of unbranched alkanes of at least 4 members (excludes halogenated alkanes) is 1. The van der Waals surface area contributed by atoms with E-state index in [0.717, 1.165) is 41.7 Å².